The molecule has 0 amide bonds. The van der Waals surface area contributed by atoms with Gasteiger partial charge in [-0.2, -0.15) is 4.31 Å². The Balaban J connectivity index is 1.72. The van der Waals surface area contributed by atoms with Gasteiger partial charge in [-0.25, -0.2) is 8.42 Å². The van der Waals surface area contributed by atoms with Gasteiger partial charge in [0.2, 0.25) is 10.0 Å². The normalized spacial score (nSPS) is 23.8. The molecule has 1 unspecified atom stereocenters. The number of hydrogen-bond donors (Lipinski definition) is 0. The van der Waals surface area contributed by atoms with Crippen molar-refractivity contribution in [1.29, 1.82) is 0 Å². The first-order valence-electron chi connectivity index (χ1n) is 7.42. The highest BCUT2D eigenvalue weighted by Gasteiger charge is 2.30. The van der Waals surface area contributed by atoms with Gasteiger partial charge >= 0.3 is 0 Å². The maximum absolute atomic E-state index is 12.6. The molecule has 0 aliphatic carbocycles. The fourth-order valence-electron chi connectivity index (χ4n) is 3.05. The molecule has 4 nitrogen and oxygen atoms in total. The van der Waals surface area contributed by atoms with E-state index in [0.29, 0.717) is 19.7 Å². The van der Waals surface area contributed by atoms with Crippen molar-refractivity contribution in [3.05, 3.63) is 33.8 Å². The summed E-state index contributed by atoms with van der Waals surface area (Å²) >= 11 is 3.54. The van der Waals surface area contributed by atoms with Crippen molar-refractivity contribution >= 4 is 26.0 Å². The maximum atomic E-state index is 12.6. The largest absolute Gasteiger partial charge is 0.377 e. The summed E-state index contributed by atoms with van der Waals surface area (Å²) in [6.45, 7) is 1.73. The third-order valence-corrected chi connectivity index (χ3v) is 6.87. The first kappa shape index (κ1) is 15.5. The van der Waals surface area contributed by atoms with Crippen molar-refractivity contribution in [3.8, 4) is 0 Å². The molecule has 0 bridgehead atoms. The van der Waals surface area contributed by atoms with E-state index in [-0.39, 0.29) is 11.9 Å². The first-order valence-corrected chi connectivity index (χ1v) is 9.82. The van der Waals surface area contributed by atoms with E-state index in [1.807, 2.05) is 18.2 Å². The molecule has 3 rings (SSSR count). The van der Waals surface area contributed by atoms with E-state index in [1.165, 1.54) is 5.56 Å². The average molecular weight is 374 g/mol. The Morgan fingerprint density at radius 2 is 2.19 bits per heavy atom. The Bertz CT molecular complexity index is 611. The lowest BCUT2D eigenvalue weighted by molar-refractivity contribution is 0.0298. The third kappa shape index (κ3) is 3.50. The lowest BCUT2D eigenvalue weighted by Gasteiger charge is -2.31. The van der Waals surface area contributed by atoms with Gasteiger partial charge in [0.15, 0.2) is 0 Å². The molecule has 0 radical (unpaired) electrons. The summed E-state index contributed by atoms with van der Waals surface area (Å²) in [6.07, 6.45) is 3.60. The van der Waals surface area contributed by atoms with Gasteiger partial charge in [0.1, 0.15) is 0 Å². The van der Waals surface area contributed by atoms with Crippen LogP contribution in [0.1, 0.15) is 30.4 Å². The van der Waals surface area contributed by atoms with E-state index in [1.54, 1.807) is 4.31 Å². The monoisotopic (exact) mass is 373 g/mol. The number of ether oxygens (including phenoxy) is 1. The van der Waals surface area contributed by atoms with Gasteiger partial charge in [-0.05, 0) is 42.9 Å². The van der Waals surface area contributed by atoms with Crippen molar-refractivity contribution in [2.45, 2.75) is 38.3 Å². The highest BCUT2D eigenvalue weighted by molar-refractivity contribution is 9.10. The van der Waals surface area contributed by atoms with Gasteiger partial charge in [-0.1, -0.05) is 28.1 Å². The molecular formula is C15H20BrNO3S. The Labute approximate surface area is 134 Å². The Hall–Kier alpha value is -0.430. The number of hydrogen-bond acceptors (Lipinski definition) is 3. The summed E-state index contributed by atoms with van der Waals surface area (Å²) in [5, 5.41) is 0. The second-order valence-corrected chi connectivity index (χ2v) is 8.60. The van der Waals surface area contributed by atoms with Crippen LogP contribution in [0.5, 0.6) is 0 Å². The average Bonchev–Trinajstić information content (AvgIpc) is 2.48. The summed E-state index contributed by atoms with van der Waals surface area (Å²) in [6, 6.07) is 5.99. The smallest absolute Gasteiger partial charge is 0.216 e. The van der Waals surface area contributed by atoms with Crippen LogP contribution in [-0.4, -0.2) is 37.7 Å². The topological polar surface area (TPSA) is 46.6 Å². The summed E-state index contributed by atoms with van der Waals surface area (Å²) in [4.78, 5) is 0. The number of fused-ring (bicyclic) bond motifs is 1. The number of halogens is 1. The van der Waals surface area contributed by atoms with Crippen molar-refractivity contribution < 1.29 is 13.2 Å². The van der Waals surface area contributed by atoms with Crippen LogP contribution in [0.4, 0.5) is 0 Å². The molecule has 0 aromatic heterocycles. The molecule has 1 fully saturated rings. The van der Waals surface area contributed by atoms with E-state index in [0.717, 1.165) is 35.7 Å². The molecule has 0 saturated carbocycles. The molecule has 2 aliphatic rings. The molecular weight excluding hydrogens is 354 g/mol. The molecule has 1 saturated heterocycles. The summed E-state index contributed by atoms with van der Waals surface area (Å²) < 4.78 is 33.4. The number of nitrogens with zero attached hydrogens (tertiary/aromatic N) is 1. The lowest BCUT2D eigenvalue weighted by atomic mass is 10.0. The molecule has 6 heteroatoms. The van der Waals surface area contributed by atoms with Crippen LogP contribution in [0, 0.1) is 0 Å². The van der Waals surface area contributed by atoms with Gasteiger partial charge in [-0.3, -0.25) is 0 Å². The van der Waals surface area contributed by atoms with Crippen molar-refractivity contribution in [2.24, 2.45) is 0 Å². The predicted molar refractivity (Wildman–Crippen MR) is 85.6 cm³/mol. The maximum Gasteiger partial charge on any atom is 0.216 e. The zero-order valence-electron chi connectivity index (χ0n) is 11.9. The zero-order chi connectivity index (χ0) is 14.9. The van der Waals surface area contributed by atoms with E-state index < -0.39 is 10.0 Å². The molecule has 2 heterocycles. The summed E-state index contributed by atoms with van der Waals surface area (Å²) in [7, 11) is -3.25. The van der Waals surface area contributed by atoms with E-state index in [4.69, 9.17) is 4.74 Å². The zero-order valence-corrected chi connectivity index (χ0v) is 14.3. The molecule has 1 aromatic carbocycles. The van der Waals surface area contributed by atoms with Gasteiger partial charge < -0.3 is 4.74 Å². The van der Waals surface area contributed by atoms with Gasteiger partial charge in [-0.15, -0.1) is 0 Å². The van der Waals surface area contributed by atoms with E-state index in [9.17, 15) is 8.42 Å². The second-order valence-electron chi connectivity index (χ2n) is 5.73. The fourth-order valence-corrected chi connectivity index (χ4v) is 5.31. The van der Waals surface area contributed by atoms with Gasteiger partial charge in [0.25, 0.3) is 0 Å². The second kappa shape index (κ2) is 6.36. The summed E-state index contributed by atoms with van der Waals surface area (Å²) in [5.41, 5.74) is 2.33. The van der Waals surface area contributed by atoms with Crippen LogP contribution in [-0.2, 0) is 27.7 Å². The molecule has 1 aromatic rings. The van der Waals surface area contributed by atoms with Crippen LogP contribution in [0.3, 0.4) is 0 Å². The number of benzene rings is 1. The van der Waals surface area contributed by atoms with E-state index >= 15 is 0 Å². The minimum atomic E-state index is -3.25. The van der Waals surface area contributed by atoms with Crippen LogP contribution in [0.2, 0.25) is 0 Å². The Kier molecular flexibility index (Phi) is 4.69. The number of rotatable bonds is 3. The predicted octanol–water partition coefficient (Wildman–Crippen LogP) is 2.71. The molecule has 0 spiro atoms. The standard InChI is InChI=1S/C15H20BrNO3S/c16-15-6-3-4-12-10-17(8-7-14(12)15)21(18,19)11-13-5-1-2-9-20-13/h3-4,6,13H,1-2,5,7-11H2. The Morgan fingerprint density at radius 3 is 2.95 bits per heavy atom. The summed E-state index contributed by atoms with van der Waals surface area (Å²) in [5.74, 6) is 0.121. The highest BCUT2D eigenvalue weighted by atomic mass is 79.9. The van der Waals surface area contributed by atoms with Crippen molar-refractivity contribution in [1.82, 2.24) is 4.31 Å². The molecule has 21 heavy (non-hydrogen) atoms. The molecule has 0 N–H and O–H groups in total. The van der Waals surface area contributed by atoms with Crippen LogP contribution >= 0.6 is 15.9 Å². The minimum absolute atomic E-state index is 0.121. The van der Waals surface area contributed by atoms with Gasteiger partial charge in [0, 0.05) is 24.2 Å². The minimum Gasteiger partial charge on any atom is -0.377 e. The first-order chi connectivity index (χ1) is 10.1. The molecule has 1 atom stereocenters. The van der Waals surface area contributed by atoms with Crippen LogP contribution in [0.25, 0.3) is 0 Å². The van der Waals surface area contributed by atoms with Crippen LogP contribution < -0.4 is 0 Å². The van der Waals surface area contributed by atoms with Crippen molar-refractivity contribution in [3.63, 3.8) is 0 Å². The highest BCUT2D eigenvalue weighted by Crippen LogP contribution is 2.28. The van der Waals surface area contributed by atoms with Gasteiger partial charge in [0.05, 0.1) is 11.9 Å². The Morgan fingerprint density at radius 1 is 1.33 bits per heavy atom. The third-order valence-electron chi connectivity index (χ3n) is 4.24. The SMILES string of the molecule is O=S(=O)(CC1CCCCO1)N1CCc2c(Br)cccc2C1. The lowest BCUT2D eigenvalue weighted by Crippen LogP contribution is -2.41. The quantitative estimate of drug-likeness (QED) is 0.818. The number of sulfonamides is 1. The molecule has 2 aliphatic heterocycles. The fraction of sp³-hybridized carbons (Fsp3) is 0.600. The van der Waals surface area contributed by atoms with E-state index in [2.05, 4.69) is 15.9 Å². The van der Waals surface area contributed by atoms with Crippen molar-refractivity contribution in [2.75, 3.05) is 18.9 Å². The van der Waals surface area contributed by atoms with Crippen LogP contribution in [0.15, 0.2) is 22.7 Å². The molecule has 116 valence electrons.